The standard InChI is InChI=1S/C31H35N3O4/c1-3-37-25-13-9-12-24(19-25)34(29(35)18-22-20-32-27-15-8-7-14-26(22)27)30(28-17-16-21(2)38-28)31(36)33-23-10-5-4-6-11-23/h7-9,12-17,19-20,23,30,32H,3-6,10-11,18H2,1-2H3,(H,33,36)/t30-/m1/s1. The Morgan fingerprint density at radius 3 is 2.66 bits per heavy atom. The molecule has 1 fully saturated rings. The molecule has 1 atom stereocenters. The van der Waals surface area contributed by atoms with Crippen LogP contribution in [0.5, 0.6) is 5.75 Å². The molecule has 38 heavy (non-hydrogen) atoms. The summed E-state index contributed by atoms with van der Waals surface area (Å²) in [6.07, 6.45) is 7.25. The van der Waals surface area contributed by atoms with Crippen molar-refractivity contribution in [3.63, 3.8) is 0 Å². The SMILES string of the molecule is CCOc1cccc(N(C(=O)Cc2c[nH]c3ccccc23)[C@@H](C(=O)NC2CCCCC2)c2ccc(C)o2)c1. The first kappa shape index (κ1) is 25.6. The number of amides is 2. The smallest absolute Gasteiger partial charge is 0.251 e. The Kier molecular flexibility index (Phi) is 7.82. The minimum absolute atomic E-state index is 0.0927. The molecule has 1 saturated carbocycles. The first-order chi connectivity index (χ1) is 18.5. The van der Waals surface area contributed by atoms with Gasteiger partial charge in [-0.15, -0.1) is 0 Å². The van der Waals surface area contributed by atoms with Gasteiger partial charge in [-0.3, -0.25) is 14.5 Å². The third-order valence-electron chi connectivity index (χ3n) is 7.18. The molecule has 7 heteroatoms. The number of carbonyl (C=O) groups is 2. The van der Waals surface area contributed by atoms with Crippen LogP contribution in [0.15, 0.2) is 71.3 Å². The molecule has 0 bridgehead atoms. The average Bonchev–Trinajstić information content (AvgIpc) is 3.54. The first-order valence-corrected chi connectivity index (χ1v) is 13.5. The molecule has 4 aromatic rings. The second kappa shape index (κ2) is 11.6. The van der Waals surface area contributed by atoms with E-state index in [0.717, 1.165) is 42.1 Å². The summed E-state index contributed by atoms with van der Waals surface area (Å²) in [6, 6.07) is 18.0. The van der Waals surface area contributed by atoms with E-state index < -0.39 is 6.04 Å². The maximum absolute atomic E-state index is 14.2. The first-order valence-electron chi connectivity index (χ1n) is 13.5. The van der Waals surface area contributed by atoms with Gasteiger partial charge in [0.2, 0.25) is 5.91 Å². The number of aromatic amines is 1. The van der Waals surface area contributed by atoms with E-state index >= 15 is 0 Å². The molecule has 0 unspecified atom stereocenters. The molecule has 2 aromatic heterocycles. The molecule has 198 valence electrons. The van der Waals surface area contributed by atoms with Gasteiger partial charge in [-0.05, 0) is 62.6 Å². The summed E-state index contributed by atoms with van der Waals surface area (Å²) in [5, 5.41) is 4.22. The molecule has 1 aliphatic rings. The van der Waals surface area contributed by atoms with E-state index in [2.05, 4.69) is 10.3 Å². The van der Waals surface area contributed by atoms with Crippen molar-refractivity contribution in [1.82, 2.24) is 10.3 Å². The molecule has 0 aliphatic heterocycles. The van der Waals surface area contributed by atoms with Crippen molar-refractivity contribution >= 4 is 28.4 Å². The molecular weight excluding hydrogens is 478 g/mol. The fraction of sp³-hybridized carbons (Fsp3) is 0.355. The lowest BCUT2D eigenvalue weighted by Gasteiger charge is -2.32. The topological polar surface area (TPSA) is 87.6 Å². The van der Waals surface area contributed by atoms with Crippen LogP contribution in [-0.4, -0.2) is 29.4 Å². The summed E-state index contributed by atoms with van der Waals surface area (Å²) in [5.74, 6) is 1.31. The number of nitrogens with zero attached hydrogens (tertiary/aromatic N) is 1. The predicted octanol–water partition coefficient (Wildman–Crippen LogP) is 6.23. The van der Waals surface area contributed by atoms with Crippen molar-refractivity contribution in [1.29, 1.82) is 0 Å². The van der Waals surface area contributed by atoms with Crippen LogP contribution in [0.4, 0.5) is 5.69 Å². The second-order valence-corrected chi connectivity index (χ2v) is 9.92. The highest BCUT2D eigenvalue weighted by Crippen LogP contribution is 2.33. The number of fused-ring (bicyclic) bond motifs is 1. The summed E-state index contributed by atoms with van der Waals surface area (Å²) in [5.41, 5.74) is 2.42. The van der Waals surface area contributed by atoms with Crippen LogP contribution in [0.3, 0.4) is 0 Å². The van der Waals surface area contributed by atoms with Gasteiger partial charge in [-0.1, -0.05) is 43.5 Å². The summed E-state index contributed by atoms with van der Waals surface area (Å²) in [6.45, 7) is 4.25. The molecule has 7 nitrogen and oxygen atoms in total. The lowest BCUT2D eigenvalue weighted by atomic mass is 9.95. The maximum atomic E-state index is 14.2. The number of carbonyl (C=O) groups excluding carboxylic acids is 2. The van der Waals surface area contributed by atoms with Gasteiger partial charge in [0, 0.05) is 34.9 Å². The fourth-order valence-corrected chi connectivity index (χ4v) is 5.35. The van der Waals surface area contributed by atoms with E-state index in [1.807, 2.05) is 74.6 Å². The largest absolute Gasteiger partial charge is 0.494 e. The molecule has 1 aliphatic carbocycles. The van der Waals surface area contributed by atoms with Crippen molar-refractivity contribution in [3.8, 4) is 5.75 Å². The number of benzene rings is 2. The number of furan rings is 1. The molecule has 2 amide bonds. The summed E-state index contributed by atoms with van der Waals surface area (Å²) >= 11 is 0. The zero-order valence-corrected chi connectivity index (χ0v) is 22.0. The zero-order valence-electron chi connectivity index (χ0n) is 22.0. The van der Waals surface area contributed by atoms with E-state index in [1.165, 1.54) is 6.42 Å². The van der Waals surface area contributed by atoms with Gasteiger partial charge in [-0.2, -0.15) is 0 Å². The molecular formula is C31H35N3O4. The lowest BCUT2D eigenvalue weighted by Crippen LogP contribution is -2.47. The number of para-hydroxylation sites is 1. The third-order valence-corrected chi connectivity index (χ3v) is 7.18. The van der Waals surface area contributed by atoms with Crippen LogP contribution in [0.1, 0.15) is 62.2 Å². The number of aromatic nitrogens is 1. The van der Waals surface area contributed by atoms with Crippen LogP contribution in [0, 0.1) is 6.92 Å². The highest BCUT2D eigenvalue weighted by Gasteiger charge is 2.36. The quantitative estimate of drug-likeness (QED) is 0.278. The predicted molar refractivity (Wildman–Crippen MR) is 148 cm³/mol. The second-order valence-electron chi connectivity index (χ2n) is 9.92. The minimum Gasteiger partial charge on any atom is -0.494 e. The van der Waals surface area contributed by atoms with Gasteiger partial charge in [0.25, 0.3) is 5.91 Å². The number of nitrogens with one attached hydrogen (secondary N) is 2. The number of aryl methyl sites for hydroxylation is 1. The van der Waals surface area contributed by atoms with E-state index in [1.54, 1.807) is 11.0 Å². The molecule has 0 spiro atoms. The Labute approximate surface area is 223 Å². The Morgan fingerprint density at radius 2 is 1.89 bits per heavy atom. The van der Waals surface area contributed by atoms with Gasteiger partial charge in [-0.25, -0.2) is 0 Å². The van der Waals surface area contributed by atoms with Crippen molar-refractivity contribution in [3.05, 3.63) is 83.9 Å². The minimum atomic E-state index is -0.958. The molecule has 0 radical (unpaired) electrons. The van der Waals surface area contributed by atoms with E-state index in [9.17, 15) is 9.59 Å². The molecule has 2 heterocycles. The molecule has 2 N–H and O–H groups in total. The van der Waals surface area contributed by atoms with Crippen molar-refractivity contribution in [2.75, 3.05) is 11.5 Å². The van der Waals surface area contributed by atoms with Gasteiger partial charge >= 0.3 is 0 Å². The Morgan fingerprint density at radius 1 is 1.08 bits per heavy atom. The van der Waals surface area contributed by atoms with Crippen molar-refractivity contribution in [2.24, 2.45) is 0 Å². The van der Waals surface area contributed by atoms with Crippen LogP contribution >= 0.6 is 0 Å². The molecule has 2 aromatic carbocycles. The maximum Gasteiger partial charge on any atom is 0.251 e. The van der Waals surface area contributed by atoms with Crippen LogP contribution in [0.25, 0.3) is 10.9 Å². The number of H-pyrrole nitrogens is 1. The molecule has 5 rings (SSSR count). The fourth-order valence-electron chi connectivity index (χ4n) is 5.35. The van der Waals surface area contributed by atoms with Gasteiger partial charge in [0.05, 0.1) is 13.0 Å². The summed E-state index contributed by atoms with van der Waals surface area (Å²) in [7, 11) is 0. The van der Waals surface area contributed by atoms with Crippen LogP contribution < -0.4 is 15.0 Å². The van der Waals surface area contributed by atoms with E-state index in [0.29, 0.717) is 29.6 Å². The highest BCUT2D eigenvalue weighted by molar-refractivity contribution is 6.03. The number of anilines is 1. The van der Waals surface area contributed by atoms with Crippen LogP contribution in [-0.2, 0) is 16.0 Å². The zero-order chi connectivity index (χ0) is 26.5. The summed E-state index contributed by atoms with van der Waals surface area (Å²) in [4.78, 5) is 33.0. The van der Waals surface area contributed by atoms with Gasteiger partial charge in [0.1, 0.15) is 17.3 Å². The van der Waals surface area contributed by atoms with E-state index in [-0.39, 0.29) is 24.3 Å². The van der Waals surface area contributed by atoms with Crippen molar-refractivity contribution < 1.29 is 18.7 Å². The lowest BCUT2D eigenvalue weighted by molar-refractivity contribution is -0.127. The highest BCUT2D eigenvalue weighted by atomic mass is 16.5. The Bertz CT molecular complexity index is 1400. The van der Waals surface area contributed by atoms with Crippen molar-refractivity contribution in [2.45, 2.75) is 64.5 Å². The third kappa shape index (κ3) is 5.62. The normalized spacial score (nSPS) is 14.8. The van der Waals surface area contributed by atoms with Gasteiger partial charge in [0.15, 0.2) is 6.04 Å². The summed E-state index contributed by atoms with van der Waals surface area (Å²) < 4.78 is 11.7. The monoisotopic (exact) mass is 513 g/mol. The average molecular weight is 514 g/mol. The van der Waals surface area contributed by atoms with Crippen LogP contribution in [0.2, 0.25) is 0 Å². The number of rotatable bonds is 9. The molecule has 0 saturated heterocycles. The Balaban J connectivity index is 1.56. The number of ether oxygens (including phenoxy) is 1. The Hall–Kier alpha value is -4.00. The van der Waals surface area contributed by atoms with Gasteiger partial charge < -0.3 is 19.5 Å². The number of hydrogen-bond acceptors (Lipinski definition) is 4. The van der Waals surface area contributed by atoms with E-state index in [4.69, 9.17) is 9.15 Å². The number of hydrogen-bond donors (Lipinski definition) is 2.